The fourth-order valence-corrected chi connectivity index (χ4v) is 4.44. The monoisotopic (exact) mass is 409 g/mol. The summed E-state index contributed by atoms with van der Waals surface area (Å²) in [7, 11) is 0. The fraction of sp³-hybridized carbons (Fsp3) is 0.318. The van der Waals surface area contributed by atoms with Crippen LogP contribution in [0.25, 0.3) is 22.3 Å². The van der Waals surface area contributed by atoms with Crippen LogP contribution in [-0.4, -0.2) is 33.8 Å². The Bertz CT molecular complexity index is 1270. The highest BCUT2D eigenvalue weighted by Gasteiger charge is 2.48. The van der Waals surface area contributed by atoms with E-state index in [1.807, 2.05) is 30.3 Å². The summed E-state index contributed by atoms with van der Waals surface area (Å²) in [4.78, 5) is 30.6. The molecule has 0 spiro atoms. The van der Waals surface area contributed by atoms with E-state index in [2.05, 4.69) is 5.32 Å². The number of rotatable bonds is 4. The van der Waals surface area contributed by atoms with Crippen molar-refractivity contribution in [2.24, 2.45) is 0 Å². The third-order valence-corrected chi connectivity index (χ3v) is 5.92. The zero-order valence-corrected chi connectivity index (χ0v) is 16.4. The number of aliphatic hydroxyl groups is 1. The van der Waals surface area contributed by atoms with Crippen molar-refractivity contribution in [1.29, 1.82) is 0 Å². The number of halogens is 1. The van der Waals surface area contributed by atoms with Crippen molar-refractivity contribution in [3.05, 3.63) is 57.4 Å². The molecule has 3 aromatic rings. The van der Waals surface area contributed by atoms with Crippen LogP contribution in [-0.2, 0) is 28.3 Å². The predicted octanol–water partition coefficient (Wildman–Crippen LogP) is 2.46. The van der Waals surface area contributed by atoms with Crippen molar-refractivity contribution in [2.75, 3.05) is 18.5 Å². The number of nitrogens with zero attached hydrogens (tertiary/aromatic N) is 2. The molecule has 0 fully saturated rings. The number of alkyl halides is 1. The van der Waals surface area contributed by atoms with Gasteiger partial charge in [-0.1, -0.05) is 25.1 Å². The van der Waals surface area contributed by atoms with E-state index in [4.69, 9.17) is 9.72 Å². The maximum atomic E-state index is 13.3. The number of pyridine rings is 2. The number of anilines is 1. The minimum absolute atomic E-state index is 0.0179. The quantitative estimate of drug-likeness (QED) is 0.503. The number of fused-ring (bicyclic) bond motifs is 5. The molecule has 0 unspecified atom stereocenters. The van der Waals surface area contributed by atoms with Crippen molar-refractivity contribution in [2.45, 2.75) is 32.1 Å². The molecule has 0 amide bonds. The summed E-state index contributed by atoms with van der Waals surface area (Å²) in [6, 6.07) is 9.61. The third-order valence-electron chi connectivity index (χ3n) is 5.92. The molecular weight excluding hydrogens is 389 g/mol. The molecule has 0 bridgehead atoms. The second-order valence-corrected chi connectivity index (χ2v) is 7.56. The summed E-state index contributed by atoms with van der Waals surface area (Å²) < 4.78 is 19.8. The Morgan fingerprint density at radius 1 is 1.33 bits per heavy atom. The molecule has 0 saturated heterocycles. The fourth-order valence-electron chi connectivity index (χ4n) is 4.44. The maximum absolute atomic E-state index is 13.3. The lowest BCUT2D eigenvalue weighted by Crippen LogP contribution is -2.45. The molecule has 7 nitrogen and oxygen atoms in total. The molecule has 30 heavy (non-hydrogen) atoms. The lowest BCUT2D eigenvalue weighted by Gasteiger charge is -2.34. The Kier molecular flexibility index (Phi) is 4.14. The summed E-state index contributed by atoms with van der Waals surface area (Å²) in [6.07, 6.45) is 0.0179. The van der Waals surface area contributed by atoms with Gasteiger partial charge in [0.05, 0.1) is 34.7 Å². The number of carbonyl (C=O) groups excluding carboxylic acids is 1. The van der Waals surface area contributed by atoms with Gasteiger partial charge in [-0.05, 0) is 18.6 Å². The van der Waals surface area contributed by atoms with Crippen LogP contribution in [0.15, 0.2) is 35.1 Å². The van der Waals surface area contributed by atoms with Gasteiger partial charge < -0.3 is 19.7 Å². The summed E-state index contributed by atoms with van der Waals surface area (Å²) in [5.74, 6) is -0.810. The summed E-state index contributed by atoms with van der Waals surface area (Å²) in [5, 5.41) is 15.1. The second-order valence-electron chi connectivity index (χ2n) is 7.56. The summed E-state index contributed by atoms with van der Waals surface area (Å²) >= 11 is 0. The van der Waals surface area contributed by atoms with Gasteiger partial charge >= 0.3 is 5.97 Å². The molecule has 2 aliphatic heterocycles. The van der Waals surface area contributed by atoms with Crippen LogP contribution in [0.5, 0.6) is 0 Å². The molecule has 0 aliphatic carbocycles. The van der Waals surface area contributed by atoms with E-state index in [0.717, 1.165) is 16.5 Å². The number of hydrogen-bond acceptors (Lipinski definition) is 6. The average Bonchev–Trinajstić information content (AvgIpc) is 3.13. The molecule has 0 radical (unpaired) electrons. The standard InChI is InChI=1S/C22H20FN3O4/c1-2-22(29)16-14(11-30-21(22)28)20(27)26-10-13-9-12-5-3-4-6-15(12)25-17(13)19(26)18(16)24-8-7-23/h3-6,9,24,29H,2,7-8,10-11H2,1H3/t22-/m0/s1. The maximum Gasteiger partial charge on any atom is 0.343 e. The lowest BCUT2D eigenvalue weighted by molar-refractivity contribution is -0.172. The zero-order chi connectivity index (χ0) is 21.0. The normalized spacial score (nSPS) is 19.2. The highest BCUT2D eigenvalue weighted by atomic mass is 19.1. The van der Waals surface area contributed by atoms with E-state index < -0.39 is 18.2 Å². The topological polar surface area (TPSA) is 93.5 Å². The number of aromatic nitrogens is 2. The molecule has 4 heterocycles. The SMILES string of the molecule is CC[C@@]1(O)C(=O)OCc2c1c(NCCF)c1n(c2=O)Cc2cc3ccccc3nc2-1. The van der Waals surface area contributed by atoms with Gasteiger partial charge in [-0.2, -0.15) is 0 Å². The molecule has 1 aromatic carbocycles. The summed E-state index contributed by atoms with van der Waals surface area (Å²) in [5.41, 5.74) is 1.09. The van der Waals surface area contributed by atoms with E-state index in [9.17, 15) is 19.1 Å². The van der Waals surface area contributed by atoms with Gasteiger partial charge in [-0.3, -0.25) is 4.79 Å². The molecule has 1 atom stereocenters. The van der Waals surface area contributed by atoms with Gasteiger partial charge in [0.25, 0.3) is 5.56 Å². The van der Waals surface area contributed by atoms with E-state index in [1.165, 1.54) is 0 Å². The van der Waals surface area contributed by atoms with Crippen LogP contribution < -0.4 is 10.9 Å². The van der Waals surface area contributed by atoms with E-state index >= 15 is 0 Å². The van der Waals surface area contributed by atoms with Crippen LogP contribution in [0.1, 0.15) is 30.0 Å². The minimum Gasteiger partial charge on any atom is -0.458 e. The lowest BCUT2D eigenvalue weighted by atomic mass is 9.84. The second kappa shape index (κ2) is 6.63. The molecule has 5 rings (SSSR count). The number of hydrogen-bond donors (Lipinski definition) is 2. The molecule has 2 N–H and O–H groups in total. The van der Waals surface area contributed by atoms with Gasteiger partial charge in [-0.25, -0.2) is 14.2 Å². The summed E-state index contributed by atoms with van der Waals surface area (Å²) in [6.45, 7) is 1.03. The zero-order valence-electron chi connectivity index (χ0n) is 16.4. The van der Waals surface area contributed by atoms with Gasteiger partial charge in [0.1, 0.15) is 13.3 Å². The Balaban J connectivity index is 1.87. The highest BCUT2D eigenvalue weighted by Crippen LogP contribution is 2.45. The Hall–Kier alpha value is -3.26. The first kappa shape index (κ1) is 18.7. The van der Waals surface area contributed by atoms with Crippen LogP contribution in [0, 0.1) is 0 Å². The van der Waals surface area contributed by atoms with Crippen molar-refractivity contribution < 1.29 is 19.0 Å². The van der Waals surface area contributed by atoms with E-state index in [1.54, 1.807) is 11.5 Å². The number of para-hydroxylation sites is 1. The van der Waals surface area contributed by atoms with Crippen molar-refractivity contribution >= 4 is 22.6 Å². The van der Waals surface area contributed by atoms with Gasteiger partial charge in [0.15, 0.2) is 5.60 Å². The minimum atomic E-state index is -1.99. The molecule has 154 valence electrons. The van der Waals surface area contributed by atoms with Crippen LogP contribution >= 0.6 is 0 Å². The van der Waals surface area contributed by atoms with Gasteiger partial charge in [0, 0.05) is 23.1 Å². The van der Waals surface area contributed by atoms with Gasteiger partial charge in [-0.15, -0.1) is 0 Å². The van der Waals surface area contributed by atoms with Crippen molar-refractivity contribution in [3.8, 4) is 11.4 Å². The van der Waals surface area contributed by atoms with Crippen molar-refractivity contribution in [3.63, 3.8) is 0 Å². The molecule has 8 heteroatoms. The number of ether oxygens (including phenoxy) is 1. The molecule has 0 saturated carbocycles. The number of benzene rings is 1. The number of esters is 1. The smallest absolute Gasteiger partial charge is 0.343 e. The molecule has 2 aromatic heterocycles. The van der Waals surface area contributed by atoms with Crippen LogP contribution in [0.4, 0.5) is 10.1 Å². The predicted molar refractivity (Wildman–Crippen MR) is 109 cm³/mol. The largest absolute Gasteiger partial charge is 0.458 e. The Morgan fingerprint density at radius 2 is 2.13 bits per heavy atom. The van der Waals surface area contributed by atoms with Crippen LogP contribution in [0.2, 0.25) is 0 Å². The van der Waals surface area contributed by atoms with Crippen molar-refractivity contribution in [1.82, 2.24) is 9.55 Å². The number of carbonyl (C=O) groups is 1. The number of nitrogens with one attached hydrogen (secondary N) is 1. The molecular formula is C22H20FN3O4. The van der Waals surface area contributed by atoms with E-state index in [-0.39, 0.29) is 36.3 Å². The highest BCUT2D eigenvalue weighted by molar-refractivity contribution is 5.92. The first-order valence-corrected chi connectivity index (χ1v) is 9.88. The third kappa shape index (κ3) is 2.43. The van der Waals surface area contributed by atoms with Crippen LogP contribution in [0.3, 0.4) is 0 Å². The first-order chi connectivity index (χ1) is 14.5. The number of cyclic esters (lactones) is 1. The average molecular weight is 409 g/mol. The Labute approximate surface area is 171 Å². The van der Waals surface area contributed by atoms with E-state index in [0.29, 0.717) is 23.6 Å². The first-order valence-electron chi connectivity index (χ1n) is 9.88. The molecule has 2 aliphatic rings. The Morgan fingerprint density at radius 3 is 2.90 bits per heavy atom. The van der Waals surface area contributed by atoms with Gasteiger partial charge in [0.2, 0.25) is 0 Å².